The average molecular weight is 255 g/mol. The van der Waals surface area contributed by atoms with Gasteiger partial charge in [0.05, 0.1) is 27.9 Å². The van der Waals surface area contributed by atoms with Gasteiger partial charge in [-0.25, -0.2) is 4.79 Å². The number of allylic oxidation sites excluding steroid dienone is 1. The molecule has 0 aliphatic heterocycles. The third kappa shape index (κ3) is 2.89. The molecule has 0 saturated carbocycles. The number of carboxylic acids is 1. The maximum absolute atomic E-state index is 10.7. The Kier molecular flexibility index (Phi) is 5.18. The number of benzene rings is 1. The molecule has 0 aliphatic carbocycles. The van der Waals surface area contributed by atoms with Crippen LogP contribution in [-0.2, 0) is 4.79 Å². The molecule has 0 unspecified atom stereocenters. The van der Waals surface area contributed by atoms with Crippen LogP contribution in [0.15, 0.2) is 24.5 Å². The first-order chi connectivity index (χ1) is 8.01. The number of nitrogens with zero attached hydrogens (tertiary/aromatic N) is 1. The topological polar surface area (TPSA) is 149 Å². The van der Waals surface area contributed by atoms with E-state index in [2.05, 4.69) is 0 Å². The minimum atomic E-state index is -1.29. The molecule has 8 heteroatoms. The molecule has 1 aromatic rings. The summed E-state index contributed by atoms with van der Waals surface area (Å²) >= 11 is 0. The third-order valence-corrected chi connectivity index (χ3v) is 2.02. The molecule has 0 atom stereocenters. The van der Waals surface area contributed by atoms with E-state index < -0.39 is 16.6 Å². The number of aliphatic hydroxyl groups is 1. The molecule has 0 bridgehead atoms. The van der Waals surface area contributed by atoms with Crippen LogP contribution in [0.1, 0.15) is 15.9 Å². The molecule has 0 fully saturated rings. The van der Waals surface area contributed by atoms with E-state index in [4.69, 9.17) is 10.2 Å². The van der Waals surface area contributed by atoms with Crippen molar-refractivity contribution in [2.24, 2.45) is 0 Å². The second-order valence-electron chi connectivity index (χ2n) is 3.00. The van der Waals surface area contributed by atoms with Gasteiger partial charge in [-0.3, -0.25) is 14.9 Å². The van der Waals surface area contributed by atoms with Gasteiger partial charge in [-0.1, -0.05) is 0 Å². The van der Waals surface area contributed by atoms with Crippen molar-refractivity contribution in [1.29, 1.82) is 0 Å². The number of rotatable bonds is 4. The highest BCUT2D eigenvalue weighted by molar-refractivity contribution is 6.08. The summed E-state index contributed by atoms with van der Waals surface area (Å²) in [6.07, 6.45) is 0.592. The Hall–Kier alpha value is -2.74. The van der Waals surface area contributed by atoms with E-state index in [1.54, 1.807) is 0 Å². The molecule has 0 aromatic heterocycles. The molecule has 0 amide bonds. The van der Waals surface area contributed by atoms with Gasteiger partial charge in [0, 0.05) is 6.07 Å². The van der Waals surface area contributed by atoms with Crippen LogP contribution in [0.5, 0.6) is 0 Å². The summed E-state index contributed by atoms with van der Waals surface area (Å²) in [5.74, 6) is -1.29. The zero-order valence-electron chi connectivity index (χ0n) is 8.86. The second kappa shape index (κ2) is 6.11. The van der Waals surface area contributed by atoms with Crippen LogP contribution >= 0.6 is 0 Å². The molecule has 0 saturated heterocycles. The number of aldehydes is 1. The van der Waals surface area contributed by atoms with Gasteiger partial charge in [-0.05, 0) is 12.1 Å². The molecule has 1 aromatic carbocycles. The third-order valence-electron chi connectivity index (χ3n) is 2.02. The van der Waals surface area contributed by atoms with E-state index in [1.807, 2.05) is 0 Å². The fourth-order valence-corrected chi connectivity index (χ4v) is 1.22. The standard InChI is InChI=1S/C10H7NO6.H2O/c12-4-7(5-13)8-3-6(10(14)15)1-2-9(8)11(16)17;/h1-5,12H,(H,14,15);1H2. The fraction of sp³-hybridized carbons (Fsp3) is 0. The number of hydrogen-bond donors (Lipinski definition) is 2. The van der Waals surface area contributed by atoms with Crippen molar-refractivity contribution in [2.75, 3.05) is 0 Å². The lowest BCUT2D eigenvalue weighted by Gasteiger charge is -2.02. The zero-order valence-corrected chi connectivity index (χ0v) is 8.86. The first-order valence-electron chi connectivity index (χ1n) is 4.33. The van der Waals surface area contributed by atoms with Crippen LogP contribution < -0.4 is 0 Å². The van der Waals surface area contributed by atoms with Gasteiger partial charge in [0.2, 0.25) is 0 Å². The monoisotopic (exact) mass is 255 g/mol. The maximum atomic E-state index is 10.7. The number of nitro benzene ring substituents is 1. The van der Waals surface area contributed by atoms with E-state index in [-0.39, 0.29) is 28.5 Å². The smallest absolute Gasteiger partial charge is 0.335 e. The molecule has 18 heavy (non-hydrogen) atoms. The van der Waals surface area contributed by atoms with Crippen molar-refractivity contribution in [3.8, 4) is 0 Å². The van der Waals surface area contributed by atoms with Crippen molar-refractivity contribution in [1.82, 2.24) is 0 Å². The van der Waals surface area contributed by atoms with Gasteiger partial charge < -0.3 is 15.7 Å². The largest absolute Gasteiger partial charge is 0.515 e. The van der Waals surface area contributed by atoms with Crippen LogP contribution in [0.25, 0.3) is 5.57 Å². The van der Waals surface area contributed by atoms with Crippen LogP contribution in [0.4, 0.5) is 5.69 Å². The summed E-state index contributed by atoms with van der Waals surface area (Å²) in [5.41, 5.74) is -1.28. The summed E-state index contributed by atoms with van der Waals surface area (Å²) in [5, 5.41) is 28.2. The second-order valence-corrected chi connectivity index (χ2v) is 3.00. The summed E-state index contributed by atoms with van der Waals surface area (Å²) in [6.45, 7) is 0. The SMILES string of the molecule is O.O=CC(=CO)c1cc(C(=O)O)ccc1[N+](=O)[O-]. The van der Waals surface area contributed by atoms with E-state index in [9.17, 15) is 19.7 Å². The Morgan fingerprint density at radius 3 is 2.39 bits per heavy atom. The molecular weight excluding hydrogens is 246 g/mol. The molecule has 0 heterocycles. The Bertz CT molecular complexity index is 521. The molecule has 1 rings (SSSR count). The first kappa shape index (κ1) is 15.3. The predicted octanol–water partition coefficient (Wildman–Crippen LogP) is 0.566. The van der Waals surface area contributed by atoms with Gasteiger partial charge >= 0.3 is 5.97 Å². The van der Waals surface area contributed by atoms with Crippen molar-refractivity contribution in [2.45, 2.75) is 0 Å². The van der Waals surface area contributed by atoms with Gasteiger partial charge in [-0.15, -0.1) is 0 Å². The van der Waals surface area contributed by atoms with E-state index >= 15 is 0 Å². The molecule has 8 nitrogen and oxygen atoms in total. The van der Waals surface area contributed by atoms with Gasteiger partial charge in [0.25, 0.3) is 5.69 Å². The van der Waals surface area contributed by atoms with Crippen LogP contribution in [0, 0.1) is 10.1 Å². The number of aliphatic hydroxyl groups excluding tert-OH is 1. The van der Waals surface area contributed by atoms with Crippen LogP contribution in [0.3, 0.4) is 0 Å². The predicted molar refractivity (Wildman–Crippen MR) is 60.3 cm³/mol. The van der Waals surface area contributed by atoms with E-state index in [1.165, 1.54) is 0 Å². The molecule has 0 aliphatic rings. The highest BCUT2D eigenvalue weighted by atomic mass is 16.6. The molecule has 0 radical (unpaired) electrons. The lowest BCUT2D eigenvalue weighted by atomic mass is 10.0. The lowest BCUT2D eigenvalue weighted by Crippen LogP contribution is -2.01. The average Bonchev–Trinajstić information content (AvgIpc) is 2.30. The Labute approximate surface area is 100 Å². The lowest BCUT2D eigenvalue weighted by molar-refractivity contribution is -0.385. The summed E-state index contributed by atoms with van der Waals surface area (Å²) < 4.78 is 0. The van der Waals surface area contributed by atoms with E-state index in [0.29, 0.717) is 6.26 Å². The summed E-state index contributed by atoms with van der Waals surface area (Å²) in [7, 11) is 0. The van der Waals surface area contributed by atoms with Gasteiger partial charge in [-0.2, -0.15) is 0 Å². The minimum absolute atomic E-state index is 0. The molecule has 0 spiro atoms. The van der Waals surface area contributed by atoms with E-state index in [0.717, 1.165) is 18.2 Å². The molecule has 4 N–H and O–H groups in total. The number of aromatic carboxylic acids is 1. The Morgan fingerprint density at radius 2 is 2.00 bits per heavy atom. The normalized spacial score (nSPS) is 10.3. The Balaban J connectivity index is 0.00000289. The number of nitro groups is 1. The number of carbonyl (C=O) groups is 2. The van der Waals surface area contributed by atoms with Gasteiger partial charge in [0.1, 0.15) is 0 Å². The highest BCUT2D eigenvalue weighted by Gasteiger charge is 2.19. The van der Waals surface area contributed by atoms with Crippen LogP contribution in [0.2, 0.25) is 0 Å². The first-order valence-corrected chi connectivity index (χ1v) is 4.33. The zero-order chi connectivity index (χ0) is 13.0. The number of carbonyl (C=O) groups excluding carboxylic acids is 1. The fourth-order valence-electron chi connectivity index (χ4n) is 1.22. The van der Waals surface area contributed by atoms with Gasteiger partial charge in [0.15, 0.2) is 6.29 Å². The number of carboxylic acid groups (broad SMARTS) is 1. The Morgan fingerprint density at radius 1 is 1.39 bits per heavy atom. The summed E-state index contributed by atoms with van der Waals surface area (Å²) in [4.78, 5) is 31.2. The minimum Gasteiger partial charge on any atom is -0.515 e. The number of hydrogen-bond acceptors (Lipinski definition) is 5. The van der Waals surface area contributed by atoms with Crippen LogP contribution in [-0.4, -0.2) is 32.9 Å². The van der Waals surface area contributed by atoms with Crippen molar-refractivity contribution < 1.29 is 30.2 Å². The molecular formula is C10H9NO7. The molecule has 96 valence electrons. The van der Waals surface area contributed by atoms with Crippen molar-refractivity contribution >= 4 is 23.5 Å². The summed E-state index contributed by atoms with van der Waals surface area (Å²) in [6, 6.07) is 2.96. The highest BCUT2D eigenvalue weighted by Crippen LogP contribution is 2.25. The van der Waals surface area contributed by atoms with Crippen molar-refractivity contribution in [3.05, 3.63) is 45.7 Å². The maximum Gasteiger partial charge on any atom is 0.335 e. The quantitative estimate of drug-likeness (QED) is 0.264. The van der Waals surface area contributed by atoms with Crippen molar-refractivity contribution in [3.63, 3.8) is 0 Å².